The van der Waals surface area contributed by atoms with Crippen LogP contribution in [-0.2, 0) is 20.1 Å². The number of nitrogens with zero attached hydrogens (tertiary/aromatic N) is 4. The highest BCUT2D eigenvalue weighted by Gasteiger charge is 2.02. The summed E-state index contributed by atoms with van der Waals surface area (Å²) in [4.78, 5) is 0. The fraction of sp³-hybridized carbons (Fsp3) is 0.455. The Kier molecular flexibility index (Phi) is 3.24. The van der Waals surface area contributed by atoms with E-state index in [4.69, 9.17) is 0 Å². The molecule has 16 heavy (non-hydrogen) atoms. The maximum atomic E-state index is 4.28. The zero-order valence-electron chi connectivity index (χ0n) is 9.72. The maximum Gasteiger partial charge on any atom is 0.124 e. The molecule has 0 atom stereocenters. The van der Waals surface area contributed by atoms with Gasteiger partial charge in [-0.2, -0.15) is 10.2 Å². The van der Waals surface area contributed by atoms with Crippen molar-refractivity contribution in [1.82, 2.24) is 19.6 Å². The maximum absolute atomic E-state index is 4.28. The Labute approximate surface area is 95.1 Å². The van der Waals surface area contributed by atoms with Crippen LogP contribution in [0.5, 0.6) is 0 Å². The average molecular weight is 219 g/mol. The first kappa shape index (κ1) is 10.7. The summed E-state index contributed by atoms with van der Waals surface area (Å²) in [5.74, 6) is 1.02. The van der Waals surface area contributed by atoms with Gasteiger partial charge in [0.15, 0.2) is 0 Å². The quantitative estimate of drug-likeness (QED) is 0.831. The Bertz CT molecular complexity index is 443. The number of anilines is 1. The van der Waals surface area contributed by atoms with Crippen LogP contribution in [0.2, 0.25) is 0 Å². The molecule has 0 aliphatic rings. The smallest absolute Gasteiger partial charge is 0.124 e. The van der Waals surface area contributed by atoms with E-state index in [1.54, 1.807) is 6.20 Å². The molecule has 0 radical (unpaired) electrons. The summed E-state index contributed by atoms with van der Waals surface area (Å²) in [7, 11) is 1.92. The highest BCUT2D eigenvalue weighted by atomic mass is 15.3. The van der Waals surface area contributed by atoms with Gasteiger partial charge in [-0.15, -0.1) is 0 Å². The number of hydrogen-bond acceptors (Lipinski definition) is 3. The largest absolute Gasteiger partial charge is 0.365 e. The molecule has 1 N–H and O–H groups in total. The third kappa shape index (κ3) is 2.24. The number of aryl methyl sites for hydroxylation is 2. The molecule has 0 aliphatic heterocycles. The molecule has 2 heterocycles. The van der Waals surface area contributed by atoms with Crippen LogP contribution in [0.25, 0.3) is 0 Å². The van der Waals surface area contributed by atoms with E-state index in [0.717, 1.165) is 25.3 Å². The molecule has 0 amide bonds. The molecule has 86 valence electrons. The summed E-state index contributed by atoms with van der Waals surface area (Å²) >= 11 is 0. The van der Waals surface area contributed by atoms with Gasteiger partial charge in [-0.05, 0) is 12.5 Å². The third-order valence-corrected chi connectivity index (χ3v) is 2.51. The van der Waals surface area contributed by atoms with Crippen molar-refractivity contribution in [2.24, 2.45) is 7.05 Å². The van der Waals surface area contributed by atoms with Crippen LogP contribution in [-0.4, -0.2) is 19.6 Å². The first-order chi connectivity index (χ1) is 7.81. The van der Waals surface area contributed by atoms with Crippen molar-refractivity contribution in [3.8, 4) is 0 Å². The number of nitrogens with one attached hydrogen (secondary N) is 1. The van der Waals surface area contributed by atoms with Gasteiger partial charge in [0, 0.05) is 25.9 Å². The molecule has 2 aromatic heterocycles. The average Bonchev–Trinajstić information content (AvgIpc) is 2.86. The van der Waals surface area contributed by atoms with E-state index in [9.17, 15) is 0 Å². The number of rotatable bonds is 5. The fourth-order valence-corrected chi connectivity index (χ4v) is 1.65. The normalized spacial score (nSPS) is 10.6. The Balaban J connectivity index is 1.99. The predicted molar refractivity (Wildman–Crippen MR) is 63.1 cm³/mol. The van der Waals surface area contributed by atoms with Crippen molar-refractivity contribution in [3.05, 3.63) is 30.2 Å². The summed E-state index contributed by atoms with van der Waals surface area (Å²) < 4.78 is 3.85. The second kappa shape index (κ2) is 4.83. The van der Waals surface area contributed by atoms with Crippen molar-refractivity contribution in [2.45, 2.75) is 26.4 Å². The van der Waals surface area contributed by atoms with E-state index in [1.807, 2.05) is 34.7 Å². The SMILES string of the molecule is CCCn1nccc1CNc1ccnn1C. The molecule has 2 aromatic rings. The van der Waals surface area contributed by atoms with Gasteiger partial charge in [0.1, 0.15) is 5.82 Å². The first-order valence-corrected chi connectivity index (χ1v) is 5.54. The highest BCUT2D eigenvalue weighted by molar-refractivity contribution is 5.33. The topological polar surface area (TPSA) is 47.7 Å². The van der Waals surface area contributed by atoms with Crippen molar-refractivity contribution >= 4 is 5.82 Å². The minimum absolute atomic E-state index is 0.777. The second-order valence-corrected chi connectivity index (χ2v) is 3.74. The lowest BCUT2D eigenvalue weighted by Gasteiger charge is -2.08. The standard InChI is InChI=1S/C11H17N5/c1-3-8-16-10(4-6-14-16)9-12-11-5-7-13-15(11)2/h4-7,12H,3,8-9H2,1-2H3. The van der Waals surface area contributed by atoms with E-state index >= 15 is 0 Å². The molecule has 0 saturated carbocycles. The molecule has 0 aliphatic carbocycles. The Morgan fingerprint density at radius 1 is 1.25 bits per heavy atom. The molecule has 5 nitrogen and oxygen atoms in total. The minimum Gasteiger partial charge on any atom is -0.365 e. The summed E-state index contributed by atoms with van der Waals surface area (Å²) in [6, 6.07) is 4.00. The van der Waals surface area contributed by atoms with Gasteiger partial charge in [0.25, 0.3) is 0 Å². The molecule has 2 rings (SSSR count). The van der Waals surface area contributed by atoms with E-state index in [2.05, 4.69) is 22.4 Å². The van der Waals surface area contributed by atoms with Gasteiger partial charge in [0.2, 0.25) is 0 Å². The molecule has 0 bridgehead atoms. The van der Waals surface area contributed by atoms with Crippen molar-refractivity contribution in [2.75, 3.05) is 5.32 Å². The Hall–Kier alpha value is -1.78. The molecule has 0 aromatic carbocycles. The van der Waals surface area contributed by atoms with Crippen LogP contribution < -0.4 is 5.32 Å². The molecular formula is C11H17N5. The fourth-order valence-electron chi connectivity index (χ4n) is 1.65. The van der Waals surface area contributed by atoms with Crippen LogP contribution in [0.4, 0.5) is 5.82 Å². The first-order valence-electron chi connectivity index (χ1n) is 5.54. The molecule has 0 fully saturated rings. The van der Waals surface area contributed by atoms with E-state index in [1.165, 1.54) is 5.69 Å². The molecule has 5 heteroatoms. The zero-order chi connectivity index (χ0) is 11.4. The molecular weight excluding hydrogens is 202 g/mol. The van der Waals surface area contributed by atoms with Crippen LogP contribution in [0.3, 0.4) is 0 Å². The van der Waals surface area contributed by atoms with E-state index in [0.29, 0.717) is 0 Å². The van der Waals surface area contributed by atoms with Crippen LogP contribution in [0, 0.1) is 0 Å². The van der Waals surface area contributed by atoms with E-state index in [-0.39, 0.29) is 0 Å². The van der Waals surface area contributed by atoms with Gasteiger partial charge in [-0.25, -0.2) is 0 Å². The predicted octanol–water partition coefficient (Wildman–Crippen LogP) is 1.64. The monoisotopic (exact) mass is 219 g/mol. The lowest BCUT2D eigenvalue weighted by atomic mass is 10.4. The van der Waals surface area contributed by atoms with Gasteiger partial charge in [-0.3, -0.25) is 9.36 Å². The lowest BCUT2D eigenvalue weighted by Crippen LogP contribution is -2.10. The number of aromatic nitrogens is 4. The van der Waals surface area contributed by atoms with Gasteiger partial charge in [-0.1, -0.05) is 6.92 Å². The van der Waals surface area contributed by atoms with Crippen molar-refractivity contribution in [1.29, 1.82) is 0 Å². The summed E-state index contributed by atoms with van der Waals surface area (Å²) in [6.07, 6.45) is 4.72. The van der Waals surface area contributed by atoms with Crippen LogP contribution in [0.1, 0.15) is 19.0 Å². The van der Waals surface area contributed by atoms with Gasteiger partial charge in [0.05, 0.1) is 18.4 Å². The van der Waals surface area contributed by atoms with Gasteiger partial charge < -0.3 is 5.32 Å². The summed E-state index contributed by atoms with van der Waals surface area (Å²) in [6.45, 7) is 3.90. The molecule has 0 unspecified atom stereocenters. The van der Waals surface area contributed by atoms with Crippen LogP contribution >= 0.6 is 0 Å². The lowest BCUT2D eigenvalue weighted by molar-refractivity contribution is 0.577. The third-order valence-electron chi connectivity index (χ3n) is 2.51. The highest BCUT2D eigenvalue weighted by Crippen LogP contribution is 2.07. The Morgan fingerprint density at radius 2 is 2.06 bits per heavy atom. The second-order valence-electron chi connectivity index (χ2n) is 3.74. The Morgan fingerprint density at radius 3 is 2.75 bits per heavy atom. The summed E-state index contributed by atoms with van der Waals surface area (Å²) in [5, 5.41) is 11.7. The van der Waals surface area contributed by atoms with Crippen LogP contribution in [0.15, 0.2) is 24.5 Å². The van der Waals surface area contributed by atoms with Gasteiger partial charge >= 0.3 is 0 Å². The van der Waals surface area contributed by atoms with Crippen molar-refractivity contribution < 1.29 is 0 Å². The zero-order valence-corrected chi connectivity index (χ0v) is 9.72. The molecule has 0 saturated heterocycles. The number of hydrogen-bond donors (Lipinski definition) is 1. The van der Waals surface area contributed by atoms with Crippen molar-refractivity contribution in [3.63, 3.8) is 0 Å². The van der Waals surface area contributed by atoms with E-state index < -0.39 is 0 Å². The summed E-state index contributed by atoms with van der Waals surface area (Å²) in [5.41, 5.74) is 1.20. The molecule has 0 spiro atoms. The minimum atomic E-state index is 0.777.